The van der Waals surface area contributed by atoms with Crippen LogP contribution < -0.4 is 5.32 Å². The molecule has 2 atom stereocenters. The highest BCUT2D eigenvalue weighted by atomic mass is 14.8. The number of hydrogen-bond acceptors (Lipinski definition) is 1. The van der Waals surface area contributed by atoms with E-state index in [1.165, 1.54) is 17.5 Å². The summed E-state index contributed by atoms with van der Waals surface area (Å²) in [6.45, 7) is 15.9. The van der Waals surface area contributed by atoms with Gasteiger partial charge in [-0.2, -0.15) is 0 Å². The first-order valence-corrected chi connectivity index (χ1v) is 7.67. The zero-order chi connectivity index (χ0) is 14.5. The van der Waals surface area contributed by atoms with Crippen molar-refractivity contribution in [2.45, 2.75) is 59.3 Å². The lowest BCUT2D eigenvalue weighted by Crippen LogP contribution is -2.25. The summed E-state index contributed by atoms with van der Waals surface area (Å²) in [6.07, 6.45) is 1.21. The summed E-state index contributed by atoms with van der Waals surface area (Å²) >= 11 is 0. The fourth-order valence-corrected chi connectivity index (χ4v) is 2.30. The first-order chi connectivity index (χ1) is 8.86. The Kier molecular flexibility index (Phi) is 6.06. The van der Waals surface area contributed by atoms with Gasteiger partial charge >= 0.3 is 0 Å². The van der Waals surface area contributed by atoms with Crippen LogP contribution in [0.5, 0.6) is 0 Å². The molecule has 0 saturated heterocycles. The molecule has 1 N–H and O–H groups in total. The van der Waals surface area contributed by atoms with Gasteiger partial charge in [0.05, 0.1) is 0 Å². The number of hydrogen-bond donors (Lipinski definition) is 1. The molecule has 1 aromatic rings. The zero-order valence-electron chi connectivity index (χ0n) is 13.6. The number of rotatable bonds is 6. The highest BCUT2D eigenvalue weighted by Gasteiger charge is 2.16. The van der Waals surface area contributed by atoms with Crippen molar-refractivity contribution in [3.63, 3.8) is 0 Å². The molecule has 1 heteroatoms. The third-order valence-corrected chi connectivity index (χ3v) is 4.05. The molecule has 0 spiro atoms. The molecule has 0 saturated carbocycles. The molecule has 0 aliphatic rings. The molecule has 0 aliphatic carbocycles. The van der Waals surface area contributed by atoms with Gasteiger partial charge in [0, 0.05) is 0 Å². The van der Waals surface area contributed by atoms with Crippen molar-refractivity contribution in [2.75, 3.05) is 13.1 Å². The predicted molar refractivity (Wildman–Crippen MR) is 85.9 cm³/mol. The van der Waals surface area contributed by atoms with Crippen LogP contribution in [0.2, 0.25) is 0 Å². The number of benzene rings is 1. The molecule has 0 amide bonds. The summed E-state index contributed by atoms with van der Waals surface area (Å²) in [7, 11) is 0. The van der Waals surface area contributed by atoms with E-state index in [2.05, 4.69) is 71.1 Å². The quantitative estimate of drug-likeness (QED) is 0.730. The van der Waals surface area contributed by atoms with Gasteiger partial charge in [0.1, 0.15) is 0 Å². The topological polar surface area (TPSA) is 12.0 Å². The Hall–Kier alpha value is -0.820. The van der Waals surface area contributed by atoms with E-state index in [-0.39, 0.29) is 5.41 Å². The molecule has 0 radical (unpaired) electrons. The molecule has 0 bridgehead atoms. The number of nitrogens with one attached hydrogen (secondary N) is 1. The van der Waals surface area contributed by atoms with Gasteiger partial charge in [0.2, 0.25) is 0 Å². The molecule has 1 nitrogen and oxygen atoms in total. The van der Waals surface area contributed by atoms with Gasteiger partial charge in [-0.3, -0.25) is 0 Å². The molecule has 2 unspecified atom stereocenters. The lowest BCUT2D eigenvalue weighted by atomic mass is 9.83. The van der Waals surface area contributed by atoms with Crippen molar-refractivity contribution in [1.82, 2.24) is 5.32 Å². The largest absolute Gasteiger partial charge is 0.316 e. The van der Waals surface area contributed by atoms with E-state index in [4.69, 9.17) is 0 Å². The summed E-state index contributed by atoms with van der Waals surface area (Å²) in [5.74, 6) is 1.28. The third kappa shape index (κ3) is 4.99. The summed E-state index contributed by atoms with van der Waals surface area (Å²) in [4.78, 5) is 0. The molecule has 1 aromatic carbocycles. The van der Waals surface area contributed by atoms with Gasteiger partial charge < -0.3 is 5.32 Å². The summed E-state index contributed by atoms with van der Waals surface area (Å²) in [6, 6.07) is 9.19. The fourth-order valence-electron chi connectivity index (χ4n) is 2.30. The fraction of sp³-hybridized carbons (Fsp3) is 0.667. The zero-order valence-corrected chi connectivity index (χ0v) is 13.6. The predicted octanol–water partition coefficient (Wildman–Crippen LogP) is 4.72. The summed E-state index contributed by atoms with van der Waals surface area (Å²) < 4.78 is 0. The van der Waals surface area contributed by atoms with Crippen molar-refractivity contribution >= 4 is 0 Å². The molecule has 1 rings (SSSR count). The van der Waals surface area contributed by atoms with E-state index < -0.39 is 0 Å². The third-order valence-electron chi connectivity index (χ3n) is 4.05. The average molecular weight is 261 g/mol. The highest BCUT2D eigenvalue weighted by Crippen LogP contribution is 2.27. The lowest BCUT2D eigenvalue weighted by molar-refractivity contribution is 0.448. The smallest absolute Gasteiger partial charge is 0.00174 e. The van der Waals surface area contributed by atoms with E-state index in [1.807, 2.05) is 0 Å². The molecule has 0 fully saturated rings. The SMILES string of the molecule is CCCNCC(C)C(C)c1ccc(C(C)(C)C)cc1. The Bertz CT molecular complexity index is 358. The van der Waals surface area contributed by atoms with E-state index in [1.54, 1.807) is 0 Å². The summed E-state index contributed by atoms with van der Waals surface area (Å²) in [5, 5.41) is 3.52. The van der Waals surface area contributed by atoms with Crippen LogP contribution in [-0.2, 0) is 5.41 Å². The van der Waals surface area contributed by atoms with Crippen LogP contribution in [0, 0.1) is 5.92 Å². The Morgan fingerprint density at radius 1 is 1.05 bits per heavy atom. The standard InChI is InChI=1S/C18H31N/c1-7-12-19-13-14(2)15(3)16-8-10-17(11-9-16)18(4,5)6/h8-11,14-15,19H,7,12-13H2,1-6H3. The molecule has 0 aliphatic heterocycles. The van der Waals surface area contributed by atoms with Crippen LogP contribution >= 0.6 is 0 Å². The van der Waals surface area contributed by atoms with Gasteiger partial charge in [-0.15, -0.1) is 0 Å². The maximum atomic E-state index is 3.52. The van der Waals surface area contributed by atoms with Crippen molar-refractivity contribution in [2.24, 2.45) is 5.92 Å². The van der Waals surface area contributed by atoms with Crippen LogP contribution in [0.25, 0.3) is 0 Å². The highest BCUT2D eigenvalue weighted by molar-refractivity contribution is 5.29. The maximum Gasteiger partial charge on any atom is -0.00174 e. The lowest BCUT2D eigenvalue weighted by Gasteiger charge is -2.23. The minimum Gasteiger partial charge on any atom is -0.316 e. The van der Waals surface area contributed by atoms with E-state index in [0.29, 0.717) is 11.8 Å². The minimum atomic E-state index is 0.246. The Balaban J connectivity index is 2.64. The van der Waals surface area contributed by atoms with Gasteiger partial charge in [0.15, 0.2) is 0 Å². The molecular formula is C18H31N. The summed E-state index contributed by atoms with van der Waals surface area (Å²) in [5.41, 5.74) is 3.12. The normalized spacial score (nSPS) is 15.3. The van der Waals surface area contributed by atoms with Gasteiger partial charge in [0.25, 0.3) is 0 Å². The van der Waals surface area contributed by atoms with Gasteiger partial charge in [-0.05, 0) is 47.9 Å². The van der Waals surface area contributed by atoms with Crippen molar-refractivity contribution < 1.29 is 0 Å². The second-order valence-electron chi connectivity index (χ2n) is 6.84. The second kappa shape index (κ2) is 7.09. The van der Waals surface area contributed by atoms with Crippen LogP contribution in [0.3, 0.4) is 0 Å². The Morgan fingerprint density at radius 3 is 2.11 bits per heavy atom. The Labute approximate surface area is 119 Å². The van der Waals surface area contributed by atoms with E-state index in [0.717, 1.165) is 13.1 Å². The molecule has 0 aromatic heterocycles. The van der Waals surface area contributed by atoms with Crippen LogP contribution in [0.15, 0.2) is 24.3 Å². The second-order valence-corrected chi connectivity index (χ2v) is 6.84. The monoisotopic (exact) mass is 261 g/mol. The molecule has 108 valence electrons. The van der Waals surface area contributed by atoms with Gasteiger partial charge in [-0.1, -0.05) is 65.8 Å². The first-order valence-electron chi connectivity index (χ1n) is 7.67. The van der Waals surface area contributed by atoms with Crippen molar-refractivity contribution in [3.8, 4) is 0 Å². The van der Waals surface area contributed by atoms with E-state index >= 15 is 0 Å². The maximum absolute atomic E-state index is 3.52. The van der Waals surface area contributed by atoms with Crippen LogP contribution in [-0.4, -0.2) is 13.1 Å². The van der Waals surface area contributed by atoms with Gasteiger partial charge in [-0.25, -0.2) is 0 Å². The Morgan fingerprint density at radius 2 is 1.63 bits per heavy atom. The van der Waals surface area contributed by atoms with E-state index in [9.17, 15) is 0 Å². The van der Waals surface area contributed by atoms with Crippen molar-refractivity contribution in [1.29, 1.82) is 0 Å². The average Bonchev–Trinajstić information content (AvgIpc) is 2.37. The van der Waals surface area contributed by atoms with Crippen LogP contribution in [0.1, 0.15) is 65.0 Å². The van der Waals surface area contributed by atoms with Crippen LogP contribution in [0.4, 0.5) is 0 Å². The molecule has 0 heterocycles. The first kappa shape index (κ1) is 16.2. The minimum absolute atomic E-state index is 0.246. The molecule has 19 heavy (non-hydrogen) atoms. The molecular weight excluding hydrogens is 230 g/mol. The van der Waals surface area contributed by atoms with Crippen molar-refractivity contribution in [3.05, 3.63) is 35.4 Å².